The second-order valence-corrected chi connectivity index (χ2v) is 4.81. The summed E-state index contributed by atoms with van der Waals surface area (Å²) < 4.78 is 14.2. The van der Waals surface area contributed by atoms with Crippen LogP contribution in [0.25, 0.3) is 0 Å². The summed E-state index contributed by atoms with van der Waals surface area (Å²) in [7, 11) is 0. The van der Waals surface area contributed by atoms with Crippen LogP contribution in [0.1, 0.15) is 16.1 Å². The molecule has 1 amide bonds. The summed E-state index contributed by atoms with van der Waals surface area (Å²) >= 11 is 3.25. The molecule has 0 bridgehead atoms. The van der Waals surface area contributed by atoms with Crippen LogP contribution in [0.4, 0.5) is 10.1 Å². The minimum Gasteiger partial charge on any atom is -0.397 e. The van der Waals surface area contributed by atoms with E-state index in [2.05, 4.69) is 26.2 Å². The van der Waals surface area contributed by atoms with Crippen LogP contribution in [0, 0.1) is 5.82 Å². The number of anilines is 1. The van der Waals surface area contributed by atoms with Crippen LogP contribution >= 0.6 is 15.9 Å². The largest absolute Gasteiger partial charge is 0.397 e. The number of halogens is 2. The zero-order chi connectivity index (χ0) is 13.8. The Bertz CT molecular complexity index is 601. The minimum absolute atomic E-state index is 0.0934. The number of aromatic nitrogens is 1. The quantitative estimate of drug-likeness (QED) is 0.911. The molecular formula is C13H11BrFN3O. The molecule has 0 unspecified atom stereocenters. The summed E-state index contributed by atoms with van der Waals surface area (Å²) in [6, 6.07) is 7.66. The van der Waals surface area contributed by atoms with Gasteiger partial charge in [-0.25, -0.2) is 9.37 Å². The molecule has 98 valence electrons. The van der Waals surface area contributed by atoms with E-state index >= 15 is 0 Å². The maximum Gasteiger partial charge on any atom is 0.270 e. The summed E-state index contributed by atoms with van der Waals surface area (Å²) in [4.78, 5) is 15.7. The molecule has 0 spiro atoms. The molecule has 3 N–H and O–H groups in total. The number of nitrogens with two attached hydrogens (primary N) is 1. The van der Waals surface area contributed by atoms with Gasteiger partial charge in [0.25, 0.3) is 5.91 Å². The van der Waals surface area contributed by atoms with Crippen molar-refractivity contribution in [3.63, 3.8) is 0 Å². The molecule has 1 aromatic heterocycles. The van der Waals surface area contributed by atoms with Gasteiger partial charge in [0.2, 0.25) is 0 Å². The van der Waals surface area contributed by atoms with Crippen molar-refractivity contribution >= 4 is 27.5 Å². The monoisotopic (exact) mass is 323 g/mol. The van der Waals surface area contributed by atoms with Crippen molar-refractivity contribution in [2.75, 3.05) is 5.73 Å². The third kappa shape index (κ3) is 3.51. The number of hydrogen-bond donors (Lipinski definition) is 2. The summed E-state index contributed by atoms with van der Waals surface area (Å²) in [6.45, 7) is 0.0934. The van der Waals surface area contributed by atoms with Gasteiger partial charge in [-0.1, -0.05) is 15.9 Å². The lowest BCUT2D eigenvalue weighted by molar-refractivity contribution is 0.0945. The summed E-state index contributed by atoms with van der Waals surface area (Å²) in [5, 5.41) is 2.60. The Hall–Kier alpha value is -1.95. The second kappa shape index (κ2) is 5.79. The number of hydrogen-bond acceptors (Lipinski definition) is 3. The van der Waals surface area contributed by atoms with Gasteiger partial charge in [0, 0.05) is 16.6 Å². The van der Waals surface area contributed by atoms with Gasteiger partial charge < -0.3 is 11.1 Å². The molecule has 0 aliphatic heterocycles. The lowest BCUT2D eigenvalue weighted by Crippen LogP contribution is -2.24. The number of carbonyl (C=O) groups excluding carboxylic acids is 1. The average Bonchev–Trinajstić information content (AvgIpc) is 2.40. The molecule has 2 rings (SSSR count). The first kappa shape index (κ1) is 13.5. The fourth-order valence-electron chi connectivity index (χ4n) is 1.48. The van der Waals surface area contributed by atoms with Gasteiger partial charge in [0.1, 0.15) is 11.5 Å². The minimum atomic E-state index is -0.376. The van der Waals surface area contributed by atoms with Crippen LogP contribution in [0.5, 0.6) is 0 Å². The van der Waals surface area contributed by atoms with Crippen molar-refractivity contribution in [2.45, 2.75) is 6.54 Å². The summed E-state index contributed by atoms with van der Waals surface area (Å²) in [6.07, 6.45) is 1.40. The van der Waals surface area contributed by atoms with Crippen molar-refractivity contribution in [3.8, 4) is 0 Å². The second-order valence-electron chi connectivity index (χ2n) is 3.90. The van der Waals surface area contributed by atoms with Crippen molar-refractivity contribution < 1.29 is 9.18 Å². The third-order valence-corrected chi connectivity index (χ3v) is 2.96. The van der Waals surface area contributed by atoms with Crippen molar-refractivity contribution in [2.24, 2.45) is 0 Å². The van der Waals surface area contributed by atoms with Crippen LogP contribution in [0.15, 0.2) is 41.0 Å². The topological polar surface area (TPSA) is 68.0 Å². The Balaban J connectivity index is 2.04. The van der Waals surface area contributed by atoms with Gasteiger partial charge in [0.15, 0.2) is 0 Å². The maximum atomic E-state index is 13.5. The SMILES string of the molecule is Nc1ccc(C(=O)NCc2cc(Br)ccc2F)nc1. The molecule has 4 nitrogen and oxygen atoms in total. The molecule has 0 aliphatic rings. The van der Waals surface area contributed by atoms with E-state index in [1.54, 1.807) is 18.2 Å². The van der Waals surface area contributed by atoms with E-state index in [1.165, 1.54) is 18.3 Å². The molecule has 0 saturated heterocycles. The first-order valence-corrected chi connectivity index (χ1v) is 6.29. The number of nitrogens with zero attached hydrogens (tertiary/aromatic N) is 1. The molecular weight excluding hydrogens is 313 g/mol. The van der Waals surface area contributed by atoms with Gasteiger partial charge in [-0.2, -0.15) is 0 Å². The van der Waals surface area contributed by atoms with Crippen molar-refractivity contribution in [1.29, 1.82) is 0 Å². The molecule has 0 fully saturated rings. The molecule has 19 heavy (non-hydrogen) atoms. The van der Waals surface area contributed by atoms with E-state index in [0.717, 1.165) is 4.47 Å². The first-order chi connectivity index (χ1) is 9.06. The molecule has 2 aromatic rings. The molecule has 1 aromatic carbocycles. The lowest BCUT2D eigenvalue weighted by Gasteiger charge is -2.06. The van der Waals surface area contributed by atoms with Crippen molar-refractivity contribution in [3.05, 3.63) is 58.1 Å². The highest BCUT2D eigenvalue weighted by molar-refractivity contribution is 9.10. The Morgan fingerprint density at radius 3 is 2.84 bits per heavy atom. The van der Waals surface area contributed by atoms with Crippen LogP contribution in [0.2, 0.25) is 0 Å². The van der Waals surface area contributed by atoms with E-state index in [9.17, 15) is 9.18 Å². The molecule has 6 heteroatoms. The van der Waals surface area contributed by atoms with E-state index in [1.807, 2.05) is 0 Å². The smallest absolute Gasteiger partial charge is 0.270 e. The number of nitrogens with one attached hydrogen (secondary N) is 1. The van der Waals surface area contributed by atoms with Gasteiger partial charge in [-0.15, -0.1) is 0 Å². The zero-order valence-electron chi connectivity index (χ0n) is 9.86. The molecule has 0 radical (unpaired) electrons. The van der Waals surface area contributed by atoms with E-state index in [0.29, 0.717) is 11.3 Å². The number of carbonyl (C=O) groups is 1. The molecule has 0 aliphatic carbocycles. The van der Waals surface area contributed by atoms with Gasteiger partial charge in [-0.05, 0) is 30.3 Å². The number of pyridine rings is 1. The predicted octanol–water partition coefficient (Wildman–Crippen LogP) is 2.50. The number of nitrogen functional groups attached to an aromatic ring is 1. The van der Waals surface area contributed by atoms with Crippen LogP contribution in [-0.2, 0) is 6.54 Å². The summed E-state index contributed by atoms with van der Waals surface area (Å²) in [5.74, 6) is -0.742. The van der Waals surface area contributed by atoms with E-state index < -0.39 is 0 Å². The normalized spacial score (nSPS) is 10.2. The van der Waals surface area contributed by atoms with E-state index in [4.69, 9.17) is 5.73 Å². The van der Waals surface area contributed by atoms with Gasteiger partial charge in [-0.3, -0.25) is 4.79 Å². The van der Waals surface area contributed by atoms with E-state index in [-0.39, 0.29) is 24.0 Å². The zero-order valence-corrected chi connectivity index (χ0v) is 11.4. The number of benzene rings is 1. The fraction of sp³-hybridized carbons (Fsp3) is 0.0769. The lowest BCUT2D eigenvalue weighted by atomic mass is 10.2. The highest BCUT2D eigenvalue weighted by Crippen LogP contribution is 2.15. The first-order valence-electron chi connectivity index (χ1n) is 5.50. The average molecular weight is 324 g/mol. The molecule has 0 saturated carbocycles. The predicted molar refractivity (Wildman–Crippen MR) is 73.9 cm³/mol. The Morgan fingerprint density at radius 2 is 2.16 bits per heavy atom. The fourth-order valence-corrected chi connectivity index (χ4v) is 1.89. The number of amides is 1. The van der Waals surface area contributed by atoms with Gasteiger partial charge >= 0.3 is 0 Å². The standard InChI is InChI=1S/C13H11BrFN3O/c14-9-1-3-11(15)8(5-9)6-18-13(19)12-4-2-10(16)7-17-12/h1-5,7H,6,16H2,(H,18,19). The molecule has 0 atom stereocenters. The third-order valence-electron chi connectivity index (χ3n) is 2.47. The number of rotatable bonds is 3. The molecule has 1 heterocycles. The van der Waals surface area contributed by atoms with Crippen molar-refractivity contribution in [1.82, 2.24) is 10.3 Å². The Labute approximate surface area is 118 Å². The summed E-state index contributed by atoms with van der Waals surface area (Å²) in [5.41, 5.74) is 6.60. The Kier molecular flexibility index (Phi) is 4.11. The maximum absolute atomic E-state index is 13.5. The van der Waals surface area contributed by atoms with Crippen LogP contribution in [-0.4, -0.2) is 10.9 Å². The Morgan fingerprint density at radius 1 is 1.37 bits per heavy atom. The van der Waals surface area contributed by atoms with Crippen LogP contribution in [0.3, 0.4) is 0 Å². The highest BCUT2D eigenvalue weighted by Gasteiger charge is 2.08. The van der Waals surface area contributed by atoms with Gasteiger partial charge in [0.05, 0.1) is 11.9 Å². The van der Waals surface area contributed by atoms with Crippen LogP contribution < -0.4 is 11.1 Å². The highest BCUT2D eigenvalue weighted by atomic mass is 79.9.